The lowest BCUT2D eigenvalue weighted by molar-refractivity contribution is -0.134. The van der Waals surface area contributed by atoms with E-state index in [9.17, 15) is 0 Å². The number of nitrogens with one attached hydrogen (secondary N) is 1. The molecule has 1 aromatic carbocycles. The second kappa shape index (κ2) is 5.77. The number of para-hydroxylation sites is 1. The Morgan fingerprint density at radius 3 is 2.65 bits per heavy atom. The van der Waals surface area contributed by atoms with Gasteiger partial charge in [-0.25, -0.2) is 0 Å². The van der Waals surface area contributed by atoms with Crippen LogP contribution in [0.15, 0.2) is 24.3 Å². The summed E-state index contributed by atoms with van der Waals surface area (Å²) in [5, 5.41) is 3.82. The molecule has 0 aromatic heterocycles. The van der Waals surface area contributed by atoms with Crippen molar-refractivity contribution in [3.63, 3.8) is 0 Å². The highest BCUT2D eigenvalue weighted by molar-refractivity contribution is 5.52. The van der Waals surface area contributed by atoms with Crippen molar-refractivity contribution < 1.29 is 4.74 Å². The molecule has 1 N–H and O–H groups in total. The summed E-state index contributed by atoms with van der Waals surface area (Å²) in [5.41, 5.74) is 3.05. The van der Waals surface area contributed by atoms with Crippen LogP contribution in [0, 0.1) is 12.3 Å². The van der Waals surface area contributed by atoms with Gasteiger partial charge in [0.15, 0.2) is 0 Å². The predicted octanol–water partition coefficient (Wildman–Crippen LogP) is 4.53. The Kier molecular flexibility index (Phi) is 4.02. The van der Waals surface area contributed by atoms with E-state index in [0.29, 0.717) is 17.6 Å². The molecule has 3 rings (SSSR count). The Morgan fingerprint density at radius 1 is 1.20 bits per heavy atom. The molecule has 2 saturated carbocycles. The number of aryl methyl sites for hydroxylation is 1. The highest BCUT2D eigenvalue weighted by atomic mass is 16.5. The lowest BCUT2D eigenvalue weighted by atomic mass is 9.55. The van der Waals surface area contributed by atoms with Crippen molar-refractivity contribution in [1.82, 2.24) is 0 Å². The van der Waals surface area contributed by atoms with E-state index in [2.05, 4.69) is 43.4 Å². The van der Waals surface area contributed by atoms with E-state index >= 15 is 0 Å². The Balaban J connectivity index is 1.75. The minimum Gasteiger partial charge on any atom is -0.381 e. The van der Waals surface area contributed by atoms with Crippen LogP contribution in [0.4, 0.5) is 5.69 Å². The van der Waals surface area contributed by atoms with E-state index in [-0.39, 0.29) is 0 Å². The van der Waals surface area contributed by atoms with E-state index in [1.54, 1.807) is 0 Å². The van der Waals surface area contributed by atoms with Gasteiger partial charge in [0.05, 0.1) is 6.10 Å². The highest BCUT2D eigenvalue weighted by Gasteiger charge is 2.55. The van der Waals surface area contributed by atoms with Crippen LogP contribution in [0.2, 0.25) is 0 Å². The Morgan fingerprint density at radius 2 is 1.95 bits per heavy atom. The molecule has 2 fully saturated rings. The van der Waals surface area contributed by atoms with Gasteiger partial charge in [0.1, 0.15) is 0 Å². The van der Waals surface area contributed by atoms with Crippen LogP contribution >= 0.6 is 0 Å². The van der Waals surface area contributed by atoms with E-state index in [1.807, 2.05) is 0 Å². The predicted molar refractivity (Wildman–Crippen MR) is 84.1 cm³/mol. The van der Waals surface area contributed by atoms with Crippen LogP contribution in [-0.4, -0.2) is 18.8 Å². The quantitative estimate of drug-likeness (QED) is 0.870. The third kappa shape index (κ3) is 2.35. The van der Waals surface area contributed by atoms with E-state index in [0.717, 1.165) is 6.61 Å². The topological polar surface area (TPSA) is 21.3 Å². The van der Waals surface area contributed by atoms with Crippen LogP contribution in [0.25, 0.3) is 0 Å². The van der Waals surface area contributed by atoms with Gasteiger partial charge in [-0.1, -0.05) is 37.5 Å². The van der Waals surface area contributed by atoms with Crippen molar-refractivity contribution in [2.45, 2.75) is 64.5 Å². The average Bonchev–Trinajstić information content (AvgIpc) is 2.49. The SMILES string of the molecule is CCOC1CC(Nc2ccccc2C)C12CCCCC2. The molecule has 0 amide bonds. The van der Waals surface area contributed by atoms with Gasteiger partial charge in [0.2, 0.25) is 0 Å². The number of ether oxygens (including phenoxy) is 1. The van der Waals surface area contributed by atoms with Crippen LogP contribution in [0.5, 0.6) is 0 Å². The molecular formula is C18H27NO. The summed E-state index contributed by atoms with van der Waals surface area (Å²) >= 11 is 0. The van der Waals surface area contributed by atoms with E-state index in [1.165, 1.54) is 49.8 Å². The van der Waals surface area contributed by atoms with Gasteiger partial charge >= 0.3 is 0 Å². The molecule has 0 saturated heterocycles. The molecule has 1 aromatic rings. The second-order valence-electron chi connectivity index (χ2n) is 6.49. The zero-order valence-corrected chi connectivity index (χ0v) is 12.8. The van der Waals surface area contributed by atoms with Crippen LogP contribution in [-0.2, 0) is 4.74 Å². The first-order chi connectivity index (χ1) is 9.76. The molecule has 0 radical (unpaired) electrons. The molecule has 0 aliphatic heterocycles. The van der Waals surface area contributed by atoms with Crippen molar-refractivity contribution in [1.29, 1.82) is 0 Å². The van der Waals surface area contributed by atoms with Crippen molar-refractivity contribution in [2.75, 3.05) is 11.9 Å². The van der Waals surface area contributed by atoms with Gasteiger partial charge < -0.3 is 10.1 Å². The lowest BCUT2D eigenvalue weighted by Crippen LogP contribution is -2.62. The third-order valence-corrected chi connectivity index (χ3v) is 5.41. The van der Waals surface area contributed by atoms with E-state index < -0.39 is 0 Å². The molecule has 110 valence electrons. The zero-order valence-electron chi connectivity index (χ0n) is 12.8. The Hall–Kier alpha value is -1.02. The molecule has 2 aliphatic carbocycles. The maximum Gasteiger partial charge on any atom is 0.0670 e. The molecule has 2 nitrogen and oxygen atoms in total. The summed E-state index contributed by atoms with van der Waals surface area (Å²) < 4.78 is 6.03. The molecule has 20 heavy (non-hydrogen) atoms. The summed E-state index contributed by atoms with van der Waals surface area (Å²) in [6.07, 6.45) is 8.46. The largest absolute Gasteiger partial charge is 0.381 e. The molecular weight excluding hydrogens is 246 g/mol. The fourth-order valence-corrected chi connectivity index (χ4v) is 4.19. The zero-order chi connectivity index (χ0) is 14.0. The summed E-state index contributed by atoms with van der Waals surface area (Å²) in [6.45, 7) is 5.16. The second-order valence-corrected chi connectivity index (χ2v) is 6.49. The van der Waals surface area contributed by atoms with Gasteiger partial charge in [-0.05, 0) is 44.7 Å². The first-order valence-corrected chi connectivity index (χ1v) is 8.20. The number of anilines is 1. The summed E-state index contributed by atoms with van der Waals surface area (Å²) in [6, 6.07) is 9.23. The fraction of sp³-hybridized carbons (Fsp3) is 0.667. The monoisotopic (exact) mass is 273 g/mol. The molecule has 0 bridgehead atoms. The van der Waals surface area contributed by atoms with Gasteiger partial charge in [0.25, 0.3) is 0 Å². The van der Waals surface area contributed by atoms with Crippen molar-refractivity contribution >= 4 is 5.69 Å². The van der Waals surface area contributed by atoms with Gasteiger partial charge in [-0.15, -0.1) is 0 Å². The summed E-state index contributed by atoms with van der Waals surface area (Å²) in [4.78, 5) is 0. The number of hydrogen-bond donors (Lipinski definition) is 1. The fourth-order valence-electron chi connectivity index (χ4n) is 4.19. The molecule has 2 atom stereocenters. The maximum atomic E-state index is 6.03. The lowest BCUT2D eigenvalue weighted by Gasteiger charge is -2.58. The molecule has 1 spiro atoms. The number of benzene rings is 1. The highest BCUT2D eigenvalue weighted by Crippen LogP contribution is 2.54. The smallest absolute Gasteiger partial charge is 0.0670 e. The number of hydrogen-bond acceptors (Lipinski definition) is 2. The minimum atomic E-state index is 0.399. The average molecular weight is 273 g/mol. The van der Waals surface area contributed by atoms with Crippen molar-refractivity contribution in [3.8, 4) is 0 Å². The van der Waals surface area contributed by atoms with Crippen LogP contribution < -0.4 is 5.32 Å². The van der Waals surface area contributed by atoms with Gasteiger partial charge in [-0.2, -0.15) is 0 Å². The molecule has 0 heterocycles. The number of rotatable bonds is 4. The van der Waals surface area contributed by atoms with Crippen LogP contribution in [0.1, 0.15) is 51.0 Å². The standard InChI is InChI=1S/C18H27NO/c1-3-20-17-13-16(18(17)11-7-4-8-12-18)19-15-10-6-5-9-14(15)2/h5-6,9-10,16-17,19H,3-4,7-8,11-13H2,1-2H3. The first-order valence-electron chi connectivity index (χ1n) is 8.20. The Labute approximate surface area is 122 Å². The molecule has 2 unspecified atom stereocenters. The molecule has 2 heteroatoms. The van der Waals surface area contributed by atoms with Gasteiger partial charge in [0, 0.05) is 23.8 Å². The minimum absolute atomic E-state index is 0.399. The molecule has 2 aliphatic rings. The van der Waals surface area contributed by atoms with Crippen LogP contribution in [0.3, 0.4) is 0 Å². The van der Waals surface area contributed by atoms with E-state index in [4.69, 9.17) is 4.74 Å². The maximum absolute atomic E-state index is 6.03. The first kappa shape index (κ1) is 13.9. The normalized spacial score (nSPS) is 28.1. The summed E-state index contributed by atoms with van der Waals surface area (Å²) in [5.74, 6) is 0. The Bertz CT molecular complexity index is 450. The van der Waals surface area contributed by atoms with Gasteiger partial charge in [-0.3, -0.25) is 0 Å². The third-order valence-electron chi connectivity index (χ3n) is 5.41. The van der Waals surface area contributed by atoms with Crippen molar-refractivity contribution in [3.05, 3.63) is 29.8 Å². The van der Waals surface area contributed by atoms with Crippen molar-refractivity contribution in [2.24, 2.45) is 5.41 Å². The summed E-state index contributed by atoms with van der Waals surface area (Å²) in [7, 11) is 0.